The van der Waals surface area contributed by atoms with Gasteiger partial charge in [0.25, 0.3) is 0 Å². The zero-order chi connectivity index (χ0) is 12.8. The van der Waals surface area contributed by atoms with Crippen molar-refractivity contribution in [2.45, 2.75) is 25.4 Å². The van der Waals surface area contributed by atoms with Gasteiger partial charge in [0.2, 0.25) is 9.04 Å². The van der Waals surface area contributed by atoms with E-state index in [2.05, 4.69) is 6.55 Å². The molecule has 17 heavy (non-hydrogen) atoms. The Bertz CT molecular complexity index is 340. The molecular formula is C11H13Cl4OSi. The molecular weight excluding hydrogens is 318 g/mol. The molecule has 1 heterocycles. The molecule has 0 N–H and O–H groups in total. The minimum atomic E-state index is -0.293. The normalized spacial score (nSPS) is 16.3. The zero-order valence-electron chi connectivity index (χ0n) is 9.40. The molecule has 0 bridgehead atoms. The van der Waals surface area contributed by atoms with Crippen LogP contribution in [0.25, 0.3) is 0 Å². The van der Waals surface area contributed by atoms with Crippen LogP contribution in [-0.4, -0.2) is 15.6 Å². The third-order valence-corrected chi connectivity index (χ3v) is 5.72. The molecule has 0 aliphatic carbocycles. The van der Waals surface area contributed by atoms with Crippen LogP contribution in [-0.2, 0) is 4.43 Å². The van der Waals surface area contributed by atoms with Crippen LogP contribution in [0, 0.1) is 0 Å². The summed E-state index contributed by atoms with van der Waals surface area (Å²) in [6.07, 6.45) is 2.70. The Balaban J connectivity index is 0.000000181. The highest BCUT2D eigenvalue weighted by atomic mass is 35.5. The fraction of sp³-hybridized carbons (Fsp3) is 0.455. The Morgan fingerprint density at radius 1 is 1.00 bits per heavy atom. The van der Waals surface area contributed by atoms with Gasteiger partial charge in [-0.25, -0.2) is 0 Å². The van der Waals surface area contributed by atoms with Crippen molar-refractivity contribution in [2.75, 3.05) is 6.61 Å². The van der Waals surface area contributed by atoms with Gasteiger partial charge in [-0.3, -0.25) is 0 Å². The second kappa shape index (κ2) is 7.88. The van der Waals surface area contributed by atoms with Gasteiger partial charge in [-0.05, 0) is 31.1 Å². The van der Waals surface area contributed by atoms with Crippen molar-refractivity contribution in [1.29, 1.82) is 0 Å². The van der Waals surface area contributed by atoms with E-state index >= 15 is 0 Å². The summed E-state index contributed by atoms with van der Waals surface area (Å²) in [6.45, 7) is 3.27. The number of hydrogen-bond acceptors (Lipinski definition) is 1. The van der Waals surface area contributed by atoms with Gasteiger partial charge in [0.1, 0.15) is 0 Å². The highest BCUT2D eigenvalue weighted by Gasteiger charge is 2.09. The van der Waals surface area contributed by atoms with Crippen molar-refractivity contribution in [2.24, 2.45) is 0 Å². The van der Waals surface area contributed by atoms with Gasteiger partial charge in [0, 0.05) is 6.61 Å². The monoisotopic (exact) mass is 329 g/mol. The molecule has 2 rings (SSSR count). The van der Waals surface area contributed by atoms with E-state index in [0.29, 0.717) is 20.1 Å². The molecule has 1 fully saturated rings. The van der Waals surface area contributed by atoms with Crippen molar-refractivity contribution in [1.82, 2.24) is 0 Å². The standard InChI is InChI=1S/C6H2Cl4.C5H11OSi/c7-3-1-2-4(8)6(10)5(3)9;1-7-5-3-2-4-6-7/h1-2H;2-5H2,1H3. The fourth-order valence-corrected chi connectivity index (χ4v) is 3.42. The Morgan fingerprint density at radius 3 is 1.82 bits per heavy atom. The quantitative estimate of drug-likeness (QED) is 0.336. The van der Waals surface area contributed by atoms with Gasteiger partial charge < -0.3 is 4.43 Å². The second-order valence-electron chi connectivity index (χ2n) is 3.66. The fourth-order valence-electron chi connectivity index (χ4n) is 1.30. The van der Waals surface area contributed by atoms with Crippen LogP contribution in [0.15, 0.2) is 12.1 Å². The van der Waals surface area contributed by atoms with Crippen molar-refractivity contribution in [3.8, 4) is 0 Å². The van der Waals surface area contributed by atoms with Crippen molar-refractivity contribution >= 4 is 55.4 Å². The van der Waals surface area contributed by atoms with E-state index in [1.807, 2.05) is 0 Å². The van der Waals surface area contributed by atoms with E-state index in [4.69, 9.17) is 50.8 Å². The first-order valence-corrected chi connectivity index (χ1v) is 8.89. The van der Waals surface area contributed by atoms with E-state index in [0.717, 1.165) is 6.61 Å². The lowest BCUT2D eigenvalue weighted by Crippen LogP contribution is -2.18. The maximum Gasteiger partial charge on any atom is 0.208 e. The molecule has 1 aliphatic rings. The topological polar surface area (TPSA) is 9.23 Å². The van der Waals surface area contributed by atoms with Crippen molar-refractivity contribution in [3.05, 3.63) is 32.2 Å². The Hall–Kier alpha value is 0.557. The summed E-state index contributed by atoms with van der Waals surface area (Å²) in [7, 11) is -0.293. The lowest BCUT2D eigenvalue weighted by molar-refractivity contribution is 0.291. The average Bonchev–Trinajstić information content (AvgIpc) is 2.33. The molecule has 0 saturated carbocycles. The summed E-state index contributed by atoms with van der Waals surface area (Å²) in [5.74, 6) is 0. The molecule has 0 unspecified atom stereocenters. The van der Waals surface area contributed by atoms with E-state index in [9.17, 15) is 0 Å². The van der Waals surface area contributed by atoms with Gasteiger partial charge in [-0.2, -0.15) is 0 Å². The van der Waals surface area contributed by atoms with Crippen LogP contribution in [0.4, 0.5) is 0 Å². The smallest absolute Gasteiger partial charge is 0.208 e. The van der Waals surface area contributed by atoms with Crippen LogP contribution in [0.2, 0.25) is 32.7 Å². The van der Waals surface area contributed by atoms with Gasteiger partial charge in [0.15, 0.2) is 0 Å². The Kier molecular flexibility index (Phi) is 7.23. The lowest BCUT2D eigenvalue weighted by atomic mass is 10.4. The van der Waals surface area contributed by atoms with E-state index in [1.165, 1.54) is 18.9 Å². The molecule has 0 amide bonds. The largest absolute Gasteiger partial charge is 0.417 e. The molecule has 0 aromatic heterocycles. The lowest BCUT2D eigenvalue weighted by Gasteiger charge is -2.15. The van der Waals surface area contributed by atoms with Crippen LogP contribution < -0.4 is 0 Å². The van der Waals surface area contributed by atoms with Gasteiger partial charge in [-0.15, -0.1) is 0 Å². The molecule has 1 aromatic rings. The Morgan fingerprint density at radius 2 is 1.53 bits per heavy atom. The van der Waals surface area contributed by atoms with Gasteiger partial charge in [-0.1, -0.05) is 52.8 Å². The highest BCUT2D eigenvalue weighted by molar-refractivity contribution is 6.51. The number of halogens is 4. The predicted octanol–water partition coefficient (Wildman–Crippen LogP) is 5.72. The molecule has 6 heteroatoms. The first-order valence-electron chi connectivity index (χ1n) is 5.26. The van der Waals surface area contributed by atoms with Crippen molar-refractivity contribution in [3.63, 3.8) is 0 Å². The summed E-state index contributed by atoms with van der Waals surface area (Å²) in [6, 6.07) is 4.56. The number of benzene rings is 1. The zero-order valence-corrected chi connectivity index (χ0v) is 13.4. The highest BCUT2D eigenvalue weighted by Crippen LogP contribution is 2.34. The second-order valence-corrected chi connectivity index (χ2v) is 7.43. The predicted molar refractivity (Wildman–Crippen MR) is 78.1 cm³/mol. The van der Waals surface area contributed by atoms with Crippen LogP contribution in [0.3, 0.4) is 0 Å². The van der Waals surface area contributed by atoms with Crippen LogP contribution >= 0.6 is 46.4 Å². The summed E-state index contributed by atoms with van der Waals surface area (Å²) < 4.78 is 5.38. The maximum absolute atomic E-state index is 5.63. The maximum atomic E-state index is 5.63. The first kappa shape index (κ1) is 15.6. The Labute approximate surface area is 124 Å². The third-order valence-electron chi connectivity index (χ3n) is 2.26. The minimum Gasteiger partial charge on any atom is -0.417 e. The molecule has 1 aromatic carbocycles. The average molecular weight is 331 g/mol. The van der Waals surface area contributed by atoms with E-state index in [1.54, 1.807) is 12.1 Å². The summed E-state index contributed by atoms with van der Waals surface area (Å²) in [4.78, 5) is 0. The van der Waals surface area contributed by atoms with E-state index < -0.39 is 0 Å². The SMILES string of the molecule is C[Si]1CCCCO1.Clc1ccc(Cl)c(Cl)c1Cl. The van der Waals surface area contributed by atoms with Crippen LogP contribution in [0.1, 0.15) is 12.8 Å². The first-order chi connectivity index (χ1) is 8.02. The van der Waals surface area contributed by atoms with Crippen molar-refractivity contribution < 1.29 is 4.43 Å². The molecule has 0 atom stereocenters. The molecule has 1 radical (unpaired) electrons. The van der Waals surface area contributed by atoms with Gasteiger partial charge >= 0.3 is 0 Å². The molecule has 1 saturated heterocycles. The third kappa shape index (κ3) is 5.37. The summed E-state index contributed by atoms with van der Waals surface area (Å²) in [5.41, 5.74) is 0. The van der Waals surface area contributed by atoms with Crippen LogP contribution in [0.5, 0.6) is 0 Å². The summed E-state index contributed by atoms with van der Waals surface area (Å²) >= 11 is 22.5. The molecule has 0 spiro atoms. The molecule has 1 aliphatic heterocycles. The van der Waals surface area contributed by atoms with E-state index in [-0.39, 0.29) is 9.04 Å². The summed E-state index contributed by atoms with van der Waals surface area (Å²) in [5, 5.41) is 1.43. The molecule has 95 valence electrons. The minimum absolute atomic E-state index is 0.293. The van der Waals surface area contributed by atoms with Gasteiger partial charge in [0.05, 0.1) is 20.1 Å². The number of hydrogen-bond donors (Lipinski definition) is 0. The number of rotatable bonds is 0. The molecule has 1 nitrogen and oxygen atoms in total.